The van der Waals surface area contributed by atoms with E-state index in [4.69, 9.17) is 0 Å². The summed E-state index contributed by atoms with van der Waals surface area (Å²) in [5, 5.41) is 11.7. The van der Waals surface area contributed by atoms with Gasteiger partial charge in [0.15, 0.2) is 0 Å². The van der Waals surface area contributed by atoms with Gasteiger partial charge < -0.3 is 4.57 Å². The van der Waals surface area contributed by atoms with Crippen LogP contribution in [0.1, 0.15) is 31.9 Å². The fraction of sp³-hybridized carbons (Fsp3) is 0.174. The van der Waals surface area contributed by atoms with Crippen molar-refractivity contribution < 1.29 is 0 Å². The fourth-order valence-electron chi connectivity index (χ4n) is 3.41. The van der Waals surface area contributed by atoms with Crippen molar-refractivity contribution in [3.05, 3.63) is 77.9 Å². The van der Waals surface area contributed by atoms with Crippen LogP contribution in [0.15, 0.2) is 66.7 Å². The second kappa shape index (κ2) is 5.50. The van der Waals surface area contributed by atoms with Crippen LogP contribution in [0, 0.1) is 11.3 Å². The summed E-state index contributed by atoms with van der Waals surface area (Å²) in [5.41, 5.74) is 5.45. The lowest BCUT2D eigenvalue weighted by molar-refractivity contribution is 0.591. The van der Waals surface area contributed by atoms with E-state index in [1.54, 1.807) is 0 Å². The lowest BCUT2D eigenvalue weighted by Crippen LogP contribution is -2.10. The third kappa shape index (κ3) is 2.49. The molecule has 0 spiro atoms. The quantitative estimate of drug-likeness (QED) is 0.425. The van der Waals surface area contributed by atoms with Gasteiger partial charge in [0.05, 0.1) is 22.7 Å². The SMILES string of the molecule is CC(C)(C)c1ccc2c3ccc(C#N)cc3n(-c3ccccc3)c2c1. The summed E-state index contributed by atoms with van der Waals surface area (Å²) in [5.74, 6) is 0. The van der Waals surface area contributed by atoms with Gasteiger partial charge in [0.2, 0.25) is 0 Å². The average Bonchev–Trinajstić information content (AvgIpc) is 2.94. The van der Waals surface area contributed by atoms with Gasteiger partial charge in [-0.05, 0) is 41.3 Å². The average molecular weight is 324 g/mol. The van der Waals surface area contributed by atoms with Crippen LogP contribution in [-0.4, -0.2) is 4.57 Å². The van der Waals surface area contributed by atoms with E-state index in [1.165, 1.54) is 21.9 Å². The number of benzene rings is 3. The summed E-state index contributed by atoms with van der Waals surface area (Å²) in [6.07, 6.45) is 0. The van der Waals surface area contributed by atoms with Crippen molar-refractivity contribution in [1.82, 2.24) is 4.57 Å². The first-order valence-electron chi connectivity index (χ1n) is 8.53. The van der Waals surface area contributed by atoms with Gasteiger partial charge >= 0.3 is 0 Å². The van der Waals surface area contributed by atoms with Crippen LogP contribution in [0.5, 0.6) is 0 Å². The van der Waals surface area contributed by atoms with E-state index in [0.29, 0.717) is 5.56 Å². The predicted molar refractivity (Wildman–Crippen MR) is 104 cm³/mol. The number of hydrogen-bond acceptors (Lipinski definition) is 1. The molecule has 0 aliphatic heterocycles. The largest absolute Gasteiger partial charge is 0.309 e. The molecule has 0 aliphatic carbocycles. The smallest absolute Gasteiger partial charge is 0.0992 e. The van der Waals surface area contributed by atoms with Crippen molar-refractivity contribution in [1.29, 1.82) is 5.26 Å². The van der Waals surface area contributed by atoms with E-state index in [-0.39, 0.29) is 5.41 Å². The lowest BCUT2D eigenvalue weighted by Gasteiger charge is -2.19. The van der Waals surface area contributed by atoms with E-state index in [0.717, 1.165) is 11.2 Å². The third-order valence-corrected chi connectivity index (χ3v) is 4.78. The maximum atomic E-state index is 9.32. The Morgan fingerprint density at radius 2 is 1.44 bits per heavy atom. The zero-order valence-corrected chi connectivity index (χ0v) is 14.7. The maximum absolute atomic E-state index is 9.32. The second-order valence-corrected chi connectivity index (χ2v) is 7.50. The van der Waals surface area contributed by atoms with E-state index >= 15 is 0 Å². The Morgan fingerprint density at radius 1 is 0.800 bits per heavy atom. The minimum atomic E-state index is 0.0873. The molecule has 0 radical (unpaired) electrons. The highest BCUT2D eigenvalue weighted by molar-refractivity contribution is 6.09. The molecule has 4 aromatic rings. The first-order valence-corrected chi connectivity index (χ1v) is 8.53. The minimum absolute atomic E-state index is 0.0873. The number of nitrogens with zero attached hydrogens (tertiary/aromatic N) is 2. The molecular weight excluding hydrogens is 304 g/mol. The molecule has 0 atom stereocenters. The number of aromatic nitrogens is 1. The highest BCUT2D eigenvalue weighted by Crippen LogP contribution is 2.35. The number of para-hydroxylation sites is 1. The first-order chi connectivity index (χ1) is 12.0. The Balaban J connectivity index is 2.17. The van der Waals surface area contributed by atoms with Gasteiger partial charge in [-0.3, -0.25) is 0 Å². The molecule has 2 nitrogen and oxygen atoms in total. The number of hydrogen-bond donors (Lipinski definition) is 0. The fourth-order valence-corrected chi connectivity index (χ4v) is 3.41. The first kappa shape index (κ1) is 15.5. The van der Waals surface area contributed by atoms with Crippen molar-refractivity contribution in [2.75, 3.05) is 0 Å². The van der Waals surface area contributed by atoms with Crippen molar-refractivity contribution >= 4 is 21.8 Å². The summed E-state index contributed by atoms with van der Waals surface area (Å²) in [6, 6.07) is 25.3. The molecule has 2 heteroatoms. The predicted octanol–water partition coefficient (Wildman–Crippen LogP) is 5.95. The molecule has 1 heterocycles. The summed E-state index contributed by atoms with van der Waals surface area (Å²) in [7, 11) is 0. The minimum Gasteiger partial charge on any atom is -0.309 e. The highest BCUT2D eigenvalue weighted by atomic mass is 15.0. The van der Waals surface area contributed by atoms with E-state index in [9.17, 15) is 5.26 Å². The van der Waals surface area contributed by atoms with Crippen LogP contribution < -0.4 is 0 Å². The molecule has 0 aliphatic rings. The van der Waals surface area contributed by atoms with Gasteiger partial charge in [0, 0.05) is 16.5 Å². The Morgan fingerprint density at radius 3 is 2.08 bits per heavy atom. The molecular formula is C23H20N2. The molecule has 0 unspecified atom stereocenters. The lowest BCUT2D eigenvalue weighted by atomic mass is 9.86. The van der Waals surface area contributed by atoms with Crippen LogP contribution in [0.3, 0.4) is 0 Å². The molecule has 4 rings (SSSR count). The van der Waals surface area contributed by atoms with Gasteiger partial charge in [0.1, 0.15) is 0 Å². The van der Waals surface area contributed by atoms with Crippen LogP contribution >= 0.6 is 0 Å². The molecule has 1 aromatic heterocycles. The normalized spacial score (nSPS) is 11.8. The van der Waals surface area contributed by atoms with Gasteiger partial charge in [-0.15, -0.1) is 0 Å². The molecule has 0 saturated heterocycles. The summed E-state index contributed by atoms with van der Waals surface area (Å²) >= 11 is 0. The molecule has 25 heavy (non-hydrogen) atoms. The standard InChI is InChI=1S/C23H20N2/c1-23(2,3)17-10-12-20-19-11-9-16(15-24)13-21(19)25(22(20)14-17)18-7-5-4-6-8-18/h4-14H,1-3H3. The zero-order valence-electron chi connectivity index (χ0n) is 14.7. The molecule has 0 saturated carbocycles. The molecule has 0 amide bonds. The van der Waals surface area contributed by atoms with Crippen LogP contribution in [-0.2, 0) is 5.41 Å². The summed E-state index contributed by atoms with van der Waals surface area (Å²) in [4.78, 5) is 0. The van der Waals surface area contributed by atoms with E-state index in [2.05, 4.69) is 79.9 Å². The van der Waals surface area contributed by atoms with Gasteiger partial charge in [-0.25, -0.2) is 0 Å². The van der Waals surface area contributed by atoms with E-state index in [1.807, 2.05) is 18.2 Å². The number of nitriles is 1. The Hall–Kier alpha value is -3.05. The Labute approximate surface area is 147 Å². The number of rotatable bonds is 1. The summed E-state index contributed by atoms with van der Waals surface area (Å²) in [6.45, 7) is 6.70. The Kier molecular flexibility index (Phi) is 3.40. The third-order valence-electron chi connectivity index (χ3n) is 4.78. The molecule has 0 fully saturated rings. The molecule has 122 valence electrons. The van der Waals surface area contributed by atoms with Crippen molar-refractivity contribution in [2.24, 2.45) is 0 Å². The Bertz CT molecular complexity index is 1120. The monoisotopic (exact) mass is 324 g/mol. The number of fused-ring (bicyclic) bond motifs is 3. The molecule has 3 aromatic carbocycles. The van der Waals surface area contributed by atoms with Crippen LogP contribution in [0.2, 0.25) is 0 Å². The van der Waals surface area contributed by atoms with E-state index < -0.39 is 0 Å². The topological polar surface area (TPSA) is 28.7 Å². The molecule has 0 bridgehead atoms. The molecule has 0 N–H and O–H groups in total. The zero-order chi connectivity index (χ0) is 17.6. The van der Waals surface area contributed by atoms with Crippen LogP contribution in [0.4, 0.5) is 0 Å². The van der Waals surface area contributed by atoms with Gasteiger partial charge in [-0.2, -0.15) is 5.26 Å². The van der Waals surface area contributed by atoms with Gasteiger partial charge in [0.25, 0.3) is 0 Å². The maximum Gasteiger partial charge on any atom is 0.0992 e. The van der Waals surface area contributed by atoms with Crippen molar-refractivity contribution in [2.45, 2.75) is 26.2 Å². The van der Waals surface area contributed by atoms with Crippen molar-refractivity contribution in [3.8, 4) is 11.8 Å². The van der Waals surface area contributed by atoms with Crippen LogP contribution in [0.25, 0.3) is 27.5 Å². The van der Waals surface area contributed by atoms with Gasteiger partial charge in [-0.1, -0.05) is 57.2 Å². The second-order valence-electron chi connectivity index (χ2n) is 7.50. The van der Waals surface area contributed by atoms with Crippen molar-refractivity contribution in [3.63, 3.8) is 0 Å². The summed E-state index contributed by atoms with van der Waals surface area (Å²) < 4.78 is 2.26. The highest BCUT2D eigenvalue weighted by Gasteiger charge is 2.18.